The number of carbonyl (C=O) groups excluding carboxylic acids is 2. The summed E-state index contributed by atoms with van der Waals surface area (Å²) < 4.78 is 6.52. The number of ether oxygens (including phenoxy) is 1. The predicted octanol–water partition coefficient (Wildman–Crippen LogP) is 4.67. The Morgan fingerprint density at radius 1 is 1.14 bits per heavy atom. The largest absolute Gasteiger partial charge is 0.484 e. The molecule has 0 unspecified atom stereocenters. The normalized spacial score (nSPS) is 11.8. The molecule has 1 N–H and O–H groups in total. The second-order valence-electron chi connectivity index (χ2n) is 7.21. The Kier molecular flexibility index (Phi) is 8.99. The van der Waals surface area contributed by atoms with E-state index in [0.717, 1.165) is 10.0 Å². The first kappa shape index (κ1) is 23.2. The summed E-state index contributed by atoms with van der Waals surface area (Å²) in [5.41, 5.74) is 0.919. The van der Waals surface area contributed by atoms with Crippen LogP contribution in [0.4, 0.5) is 0 Å². The Labute approximate surface area is 185 Å². The van der Waals surface area contributed by atoms with Crippen LogP contribution in [0.2, 0.25) is 5.02 Å². The lowest BCUT2D eigenvalue weighted by Gasteiger charge is -2.29. The van der Waals surface area contributed by atoms with Gasteiger partial charge >= 0.3 is 0 Å². The quantitative estimate of drug-likeness (QED) is 0.566. The van der Waals surface area contributed by atoms with Gasteiger partial charge in [0.1, 0.15) is 11.8 Å². The van der Waals surface area contributed by atoms with Gasteiger partial charge in [-0.2, -0.15) is 0 Å². The topological polar surface area (TPSA) is 58.6 Å². The van der Waals surface area contributed by atoms with Crippen molar-refractivity contribution in [2.75, 3.05) is 13.2 Å². The Hall–Kier alpha value is -2.05. The minimum Gasteiger partial charge on any atom is -0.484 e. The Morgan fingerprint density at radius 2 is 1.83 bits per heavy atom. The van der Waals surface area contributed by atoms with E-state index >= 15 is 0 Å². The zero-order valence-corrected chi connectivity index (χ0v) is 19.2. The van der Waals surface area contributed by atoms with Gasteiger partial charge in [-0.3, -0.25) is 9.59 Å². The van der Waals surface area contributed by atoms with Gasteiger partial charge in [-0.25, -0.2) is 0 Å². The van der Waals surface area contributed by atoms with Gasteiger partial charge in [0.15, 0.2) is 6.61 Å². The van der Waals surface area contributed by atoms with E-state index in [1.54, 1.807) is 31.2 Å². The molecule has 0 aliphatic carbocycles. The van der Waals surface area contributed by atoms with Crippen molar-refractivity contribution in [2.24, 2.45) is 5.92 Å². The van der Waals surface area contributed by atoms with E-state index in [1.807, 2.05) is 38.1 Å². The highest BCUT2D eigenvalue weighted by Crippen LogP contribution is 2.18. The standard InChI is InChI=1S/C22H26BrClN2O3/c1-15(2)12-25-22(28)16(3)26(13-17-5-4-6-18(23)11-17)21(27)14-29-20-9-7-19(24)8-10-20/h4-11,15-16H,12-14H2,1-3H3,(H,25,28)/t16-/m0/s1. The SMILES string of the molecule is CC(C)CNC(=O)[C@H](C)N(Cc1cccc(Br)c1)C(=O)COc1ccc(Cl)cc1. The number of nitrogens with one attached hydrogen (secondary N) is 1. The Bertz CT molecular complexity index is 827. The summed E-state index contributed by atoms with van der Waals surface area (Å²) in [5, 5.41) is 3.49. The number of halogens is 2. The van der Waals surface area contributed by atoms with Gasteiger partial charge in [-0.15, -0.1) is 0 Å². The van der Waals surface area contributed by atoms with Gasteiger partial charge in [0.05, 0.1) is 0 Å². The third-order valence-electron chi connectivity index (χ3n) is 4.27. The molecule has 2 rings (SSSR count). The van der Waals surface area contributed by atoms with Crippen LogP contribution < -0.4 is 10.1 Å². The molecule has 0 radical (unpaired) electrons. The number of carbonyl (C=O) groups is 2. The second kappa shape index (κ2) is 11.2. The fraction of sp³-hybridized carbons (Fsp3) is 0.364. The first-order valence-corrected chi connectivity index (χ1v) is 10.6. The lowest BCUT2D eigenvalue weighted by Crippen LogP contribution is -2.49. The first-order valence-electron chi connectivity index (χ1n) is 9.46. The van der Waals surface area contributed by atoms with Crippen molar-refractivity contribution in [3.8, 4) is 5.75 Å². The molecule has 0 heterocycles. The summed E-state index contributed by atoms with van der Waals surface area (Å²) in [6.07, 6.45) is 0. The fourth-order valence-electron chi connectivity index (χ4n) is 2.63. The third-order valence-corrected chi connectivity index (χ3v) is 5.01. The molecule has 2 aromatic carbocycles. The maximum absolute atomic E-state index is 12.9. The highest BCUT2D eigenvalue weighted by Gasteiger charge is 2.26. The van der Waals surface area contributed by atoms with Crippen LogP contribution in [0.5, 0.6) is 5.75 Å². The van der Waals surface area contributed by atoms with Crippen LogP contribution >= 0.6 is 27.5 Å². The van der Waals surface area contributed by atoms with Crippen molar-refractivity contribution < 1.29 is 14.3 Å². The molecular weight excluding hydrogens is 456 g/mol. The van der Waals surface area contributed by atoms with Gasteiger partial charge in [-0.05, 0) is 54.8 Å². The molecule has 0 spiro atoms. The van der Waals surface area contributed by atoms with Crippen LogP contribution in [0.15, 0.2) is 53.0 Å². The van der Waals surface area contributed by atoms with Crippen LogP contribution in [0.1, 0.15) is 26.3 Å². The summed E-state index contributed by atoms with van der Waals surface area (Å²) in [6.45, 7) is 6.47. The van der Waals surface area contributed by atoms with Gasteiger partial charge in [0.2, 0.25) is 5.91 Å². The minimum absolute atomic E-state index is 0.169. The zero-order valence-electron chi connectivity index (χ0n) is 16.8. The molecule has 29 heavy (non-hydrogen) atoms. The molecule has 0 bridgehead atoms. The molecule has 0 aliphatic heterocycles. The third kappa shape index (κ3) is 7.71. The highest BCUT2D eigenvalue weighted by molar-refractivity contribution is 9.10. The van der Waals surface area contributed by atoms with E-state index < -0.39 is 6.04 Å². The Morgan fingerprint density at radius 3 is 2.45 bits per heavy atom. The number of benzene rings is 2. The molecule has 0 aromatic heterocycles. The Balaban J connectivity index is 2.12. The van der Waals surface area contributed by atoms with E-state index in [0.29, 0.717) is 29.8 Å². The number of hydrogen-bond donors (Lipinski definition) is 1. The molecular formula is C22H26BrClN2O3. The second-order valence-corrected chi connectivity index (χ2v) is 8.56. The molecule has 5 nitrogen and oxygen atoms in total. The lowest BCUT2D eigenvalue weighted by molar-refractivity contribution is -0.142. The lowest BCUT2D eigenvalue weighted by atomic mass is 10.1. The molecule has 2 aromatic rings. The van der Waals surface area contributed by atoms with Crippen molar-refractivity contribution in [2.45, 2.75) is 33.4 Å². The summed E-state index contributed by atoms with van der Waals surface area (Å²) in [5.74, 6) is 0.413. The van der Waals surface area contributed by atoms with E-state index in [-0.39, 0.29) is 18.4 Å². The molecule has 7 heteroatoms. The molecule has 2 amide bonds. The maximum Gasteiger partial charge on any atom is 0.261 e. The van der Waals surface area contributed by atoms with Gasteiger partial charge in [0, 0.05) is 22.6 Å². The van der Waals surface area contributed by atoms with Gasteiger partial charge in [0.25, 0.3) is 5.91 Å². The summed E-state index contributed by atoms with van der Waals surface area (Å²) >= 11 is 9.32. The van der Waals surface area contributed by atoms with E-state index in [4.69, 9.17) is 16.3 Å². The van der Waals surface area contributed by atoms with Gasteiger partial charge in [-0.1, -0.05) is 53.5 Å². The molecule has 0 aliphatic rings. The molecule has 156 valence electrons. The summed E-state index contributed by atoms with van der Waals surface area (Å²) in [6, 6.07) is 13.8. The molecule has 0 fully saturated rings. The van der Waals surface area contributed by atoms with Crippen molar-refractivity contribution >= 4 is 39.3 Å². The van der Waals surface area contributed by atoms with Crippen LogP contribution in [0.3, 0.4) is 0 Å². The molecule has 0 saturated carbocycles. The highest BCUT2D eigenvalue weighted by atomic mass is 79.9. The number of nitrogens with zero attached hydrogens (tertiary/aromatic N) is 1. The monoisotopic (exact) mass is 480 g/mol. The number of rotatable bonds is 9. The van der Waals surface area contributed by atoms with Crippen LogP contribution in [0.25, 0.3) is 0 Å². The molecule has 0 saturated heterocycles. The average Bonchev–Trinajstić information content (AvgIpc) is 2.69. The van der Waals surface area contributed by atoms with Crippen molar-refractivity contribution in [3.63, 3.8) is 0 Å². The van der Waals surface area contributed by atoms with Crippen molar-refractivity contribution in [1.82, 2.24) is 10.2 Å². The smallest absolute Gasteiger partial charge is 0.261 e. The van der Waals surface area contributed by atoms with Crippen LogP contribution in [-0.2, 0) is 16.1 Å². The summed E-state index contributed by atoms with van der Waals surface area (Å²) in [4.78, 5) is 27.1. The number of hydrogen-bond acceptors (Lipinski definition) is 3. The van der Waals surface area contributed by atoms with E-state index in [1.165, 1.54) is 4.90 Å². The van der Waals surface area contributed by atoms with Crippen molar-refractivity contribution in [1.29, 1.82) is 0 Å². The fourth-order valence-corrected chi connectivity index (χ4v) is 3.20. The maximum atomic E-state index is 12.9. The molecule has 1 atom stereocenters. The van der Waals surface area contributed by atoms with E-state index in [2.05, 4.69) is 21.2 Å². The van der Waals surface area contributed by atoms with Gasteiger partial charge < -0.3 is 15.0 Å². The van der Waals surface area contributed by atoms with E-state index in [9.17, 15) is 9.59 Å². The first-order chi connectivity index (χ1) is 13.8. The minimum atomic E-state index is -0.631. The van der Waals surface area contributed by atoms with Crippen LogP contribution in [0, 0.1) is 5.92 Å². The average molecular weight is 482 g/mol. The predicted molar refractivity (Wildman–Crippen MR) is 119 cm³/mol. The van der Waals surface area contributed by atoms with Crippen molar-refractivity contribution in [3.05, 3.63) is 63.6 Å². The number of amides is 2. The summed E-state index contributed by atoms with van der Waals surface area (Å²) in [7, 11) is 0. The van der Waals surface area contributed by atoms with Crippen LogP contribution in [-0.4, -0.2) is 35.9 Å². The zero-order chi connectivity index (χ0) is 21.4.